The maximum atomic E-state index is 12.6. The summed E-state index contributed by atoms with van der Waals surface area (Å²) in [4.78, 5) is 12.7. The van der Waals surface area contributed by atoms with Crippen molar-refractivity contribution in [3.63, 3.8) is 0 Å². The molecule has 0 unspecified atom stereocenters. The summed E-state index contributed by atoms with van der Waals surface area (Å²) in [5.74, 6) is -0.274. The van der Waals surface area contributed by atoms with Gasteiger partial charge in [-0.1, -0.05) is 60.7 Å². The van der Waals surface area contributed by atoms with Gasteiger partial charge in [0.25, 0.3) is 15.9 Å². The van der Waals surface area contributed by atoms with Crippen LogP contribution in [-0.2, 0) is 16.6 Å². The van der Waals surface area contributed by atoms with Crippen LogP contribution in [0, 0.1) is 0 Å². The molecule has 0 aromatic heterocycles. The number of rotatable bonds is 6. The first kappa shape index (κ1) is 19.7. The van der Waals surface area contributed by atoms with Gasteiger partial charge < -0.3 is 5.32 Å². The summed E-state index contributed by atoms with van der Waals surface area (Å²) in [5, 5.41) is 5.14. The number of carbonyl (C=O) groups excluding carboxylic acids is 1. The minimum atomic E-state index is -3.71. The fourth-order valence-electron chi connectivity index (χ4n) is 3.17. The summed E-state index contributed by atoms with van der Waals surface area (Å²) in [6, 6.07) is 28.6. The van der Waals surface area contributed by atoms with Crippen molar-refractivity contribution in [1.29, 1.82) is 0 Å². The van der Waals surface area contributed by atoms with Crippen molar-refractivity contribution >= 4 is 32.4 Å². The number of fused-ring (bicyclic) bond motifs is 1. The van der Waals surface area contributed by atoms with Crippen LogP contribution >= 0.6 is 0 Å². The zero-order valence-corrected chi connectivity index (χ0v) is 16.9. The molecule has 4 aromatic carbocycles. The zero-order chi connectivity index (χ0) is 21.0. The van der Waals surface area contributed by atoms with E-state index in [1.807, 2.05) is 42.5 Å². The van der Waals surface area contributed by atoms with Crippen molar-refractivity contribution in [1.82, 2.24) is 5.32 Å². The van der Waals surface area contributed by atoms with E-state index in [1.54, 1.807) is 36.4 Å². The van der Waals surface area contributed by atoms with E-state index >= 15 is 0 Å². The van der Waals surface area contributed by atoms with Gasteiger partial charge in [-0.2, -0.15) is 0 Å². The van der Waals surface area contributed by atoms with Gasteiger partial charge in [0.1, 0.15) is 0 Å². The minimum Gasteiger partial charge on any atom is -0.348 e. The SMILES string of the molecule is O=C(NCc1ccc2ccccc2c1)c1cccc(NS(=O)(=O)c2ccccc2)c1. The molecule has 5 nitrogen and oxygen atoms in total. The highest BCUT2D eigenvalue weighted by atomic mass is 32.2. The van der Waals surface area contributed by atoms with Gasteiger partial charge in [0, 0.05) is 17.8 Å². The van der Waals surface area contributed by atoms with E-state index in [2.05, 4.69) is 10.0 Å². The highest BCUT2D eigenvalue weighted by Gasteiger charge is 2.14. The van der Waals surface area contributed by atoms with Crippen LogP contribution in [0.2, 0.25) is 0 Å². The molecule has 0 saturated heterocycles. The number of nitrogens with one attached hydrogen (secondary N) is 2. The second-order valence-corrected chi connectivity index (χ2v) is 8.55. The van der Waals surface area contributed by atoms with Gasteiger partial charge in [-0.25, -0.2) is 8.42 Å². The standard InChI is InChI=1S/C24H20N2O3S/c27-24(25-17-18-13-14-19-7-4-5-8-20(19)15-18)21-9-6-10-22(16-21)26-30(28,29)23-11-2-1-3-12-23/h1-16,26H,17H2,(H,25,27). The van der Waals surface area contributed by atoms with Gasteiger partial charge >= 0.3 is 0 Å². The van der Waals surface area contributed by atoms with Gasteiger partial charge in [-0.15, -0.1) is 0 Å². The van der Waals surface area contributed by atoms with Crippen LogP contribution in [0.4, 0.5) is 5.69 Å². The third-order valence-corrected chi connectivity index (χ3v) is 6.09. The second kappa shape index (κ2) is 8.39. The molecule has 150 valence electrons. The number of benzene rings is 4. The summed E-state index contributed by atoms with van der Waals surface area (Å²) in [6.45, 7) is 0.379. The molecule has 0 spiro atoms. The van der Waals surface area contributed by atoms with E-state index in [9.17, 15) is 13.2 Å². The number of hydrogen-bond donors (Lipinski definition) is 2. The lowest BCUT2D eigenvalue weighted by Crippen LogP contribution is -2.23. The molecule has 0 heterocycles. The Balaban J connectivity index is 1.45. The first-order chi connectivity index (χ1) is 14.5. The fraction of sp³-hybridized carbons (Fsp3) is 0.0417. The average molecular weight is 417 g/mol. The topological polar surface area (TPSA) is 75.3 Å². The minimum absolute atomic E-state index is 0.163. The van der Waals surface area contributed by atoms with Gasteiger partial charge in [0.05, 0.1) is 4.90 Å². The molecule has 4 rings (SSSR count). The third-order valence-electron chi connectivity index (χ3n) is 4.70. The molecule has 0 bridgehead atoms. The van der Waals surface area contributed by atoms with Crippen LogP contribution in [0.1, 0.15) is 15.9 Å². The molecule has 6 heteroatoms. The van der Waals surface area contributed by atoms with E-state index in [0.717, 1.165) is 16.3 Å². The monoisotopic (exact) mass is 416 g/mol. The lowest BCUT2D eigenvalue weighted by molar-refractivity contribution is 0.0951. The summed E-state index contributed by atoms with van der Waals surface area (Å²) in [7, 11) is -3.71. The zero-order valence-electron chi connectivity index (χ0n) is 16.1. The number of anilines is 1. The van der Waals surface area contributed by atoms with E-state index in [4.69, 9.17) is 0 Å². The van der Waals surface area contributed by atoms with Crippen molar-refractivity contribution < 1.29 is 13.2 Å². The third kappa shape index (κ3) is 4.50. The Labute approximate surface area is 175 Å². The fourth-order valence-corrected chi connectivity index (χ4v) is 4.24. The maximum Gasteiger partial charge on any atom is 0.261 e. The van der Waals surface area contributed by atoms with Crippen molar-refractivity contribution in [3.8, 4) is 0 Å². The normalized spacial score (nSPS) is 11.2. The van der Waals surface area contributed by atoms with Crippen molar-refractivity contribution in [3.05, 3.63) is 108 Å². The molecule has 0 aliphatic carbocycles. The van der Waals surface area contributed by atoms with Crippen molar-refractivity contribution in [2.45, 2.75) is 11.4 Å². The molecule has 0 radical (unpaired) electrons. The predicted octanol–water partition coefficient (Wildman–Crippen LogP) is 4.57. The highest BCUT2D eigenvalue weighted by Crippen LogP contribution is 2.18. The van der Waals surface area contributed by atoms with Crippen LogP contribution in [-0.4, -0.2) is 14.3 Å². The molecule has 4 aromatic rings. The highest BCUT2D eigenvalue weighted by molar-refractivity contribution is 7.92. The summed E-state index contributed by atoms with van der Waals surface area (Å²) >= 11 is 0. The molecular weight excluding hydrogens is 396 g/mol. The van der Waals surface area contributed by atoms with E-state index in [-0.39, 0.29) is 10.8 Å². The Morgan fingerprint density at radius 2 is 1.47 bits per heavy atom. The van der Waals surface area contributed by atoms with Gasteiger partial charge in [0.15, 0.2) is 0 Å². The first-order valence-corrected chi connectivity index (χ1v) is 10.9. The van der Waals surface area contributed by atoms with Crippen LogP contribution in [0.3, 0.4) is 0 Å². The summed E-state index contributed by atoms with van der Waals surface area (Å²) < 4.78 is 27.5. The number of amides is 1. The molecule has 0 aliphatic rings. The smallest absolute Gasteiger partial charge is 0.261 e. The van der Waals surface area contributed by atoms with Crippen LogP contribution in [0.5, 0.6) is 0 Å². The van der Waals surface area contributed by atoms with Gasteiger partial charge in [0.2, 0.25) is 0 Å². The van der Waals surface area contributed by atoms with Gasteiger partial charge in [-0.3, -0.25) is 9.52 Å². The Bertz CT molecular complexity index is 1300. The van der Waals surface area contributed by atoms with Crippen molar-refractivity contribution in [2.24, 2.45) is 0 Å². The van der Waals surface area contributed by atoms with Crippen LogP contribution in [0.25, 0.3) is 10.8 Å². The molecule has 30 heavy (non-hydrogen) atoms. The largest absolute Gasteiger partial charge is 0.348 e. The molecule has 1 amide bonds. The number of hydrogen-bond acceptors (Lipinski definition) is 3. The molecule has 0 fully saturated rings. The predicted molar refractivity (Wildman–Crippen MR) is 119 cm³/mol. The lowest BCUT2D eigenvalue weighted by atomic mass is 10.1. The molecule has 2 N–H and O–H groups in total. The number of sulfonamides is 1. The van der Waals surface area contributed by atoms with Crippen molar-refractivity contribution in [2.75, 3.05) is 4.72 Å². The van der Waals surface area contributed by atoms with E-state index in [1.165, 1.54) is 18.2 Å². The summed E-state index contributed by atoms with van der Waals surface area (Å²) in [5.41, 5.74) is 1.70. The Morgan fingerprint density at radius 3 is 2.27 bits per heavy atom. The van der Waals surface area contributed by atoms with E-state index in [0.29, 0.717) is 17.8 Å². The average Bonchev–Trinajstić information content (AvgIpc) is 2.78. The lowest BCUT2D eigenvalue weighted by Gasteiger charge is -2.10. The van der Waals surface area contributed by atoms with E-state index < -0.39 is 10.0 Å². The summed E-state index contributed by atoms with van der Waals surface area (Å²) in [6.07, 6.45) is 0. The number of carbonyl (C=O) groups is 1. The Morgan fingerprint density at radius 1 is 0.733 bits per heavy atom. The first-order valence-electron chi connectivity index (χ1n) is 9.45. The van der Waals surface area contributed by atoms with Crippen LogP contribution < -0.4 is 10.0 Å². The maximum absolute atomic E-state index is 12.6. The quantitative estimate of drug-likeness (QED) is 0.483. The van der Waals surface area contributed by atoms with Gasteiger partial charge in [-0.05, 0) is 52.7 Å². The molecular formula is C24H20N2O3S. The Kier molecular flexibility index (Phi) is 5.50. The van der Waals surface area contributed by atoms with Crippen LogP contribution in [0.15, 0.2) is 102 Å². The molecule has 0 atom stereocenters. The second-order valence-electron chi connectivity index (χ2n) is 6.86. The molecule has 0 saturated carbocycles. The Hall–Kier alpha value is -3.64. The molecule has 0 aliphatic heterocycles.